The average Bonchev–Trinajstić information content (AvgIpc) is 3.14. The van der Waals surface area contributed by atoms with Crippen LogP contribution in [0.5, 0.6) is 0 Å². The van der Waals surface area contributed by atoms with Crippen LogP contribution < -0.4 is 5.32 Å². The van der Waals surface area contributed by atoms with Crippen LogP contribution >= 0.6 is 11.3 Å². The van der Waals surface area contributed by atoms with E-state index in [9.17, 15) is 4.79 Å². The fourth-order valence-electron chi connectivity index (χ4n) is 3.56. The molecule has 1 spiro atoms. The molecule has 1 atom stereocenters. The number of nitrogens with zero attached hydrogens (tertiary/aromatic N) is 3. The Morgan fingerprint density at radius 3 is 2.90 bits per heavy atom. The van der Waals surface area contributed by atoms with Crippen molar-refractivity contribution < 1.29 is 4.79 Å². The minimum atomic E-state index is 0.101. The fourth-order valence-corrected chi connectivity index (χ4v) is 4.34. The number of thiazole rings is 1. The van der Waals surface area contributed by atoms with Gasteiger partial charge >= 0.3 is 6.03 Å². The predicted octanol–water partition coefficient (Wildman–Crippen LogP) is 1.73. The molecular formula is C15H24N4OS. The molecule has 1 unspecified atom stereocenters. The lowest BCUT2D eigenvalue weighted by Gasteiger charge is -2.24. The minimum Gasteiger partial charge on any atom is -0.338 e. The molecule has 0 aromatic carbocycles. The molecule has 2 saturated heterocycles. The lowest BCUT2D eigenvalue weighted by atomic mass is 9.86. The number of rotatable bonds is 3. The van der Waals surface area contributed by atoms with Crippen LogP contribution in [0.3, 0.4) is 0 Å². The van der Waals surface area contributed by atoms with E-state index in [1.54, 1.807) is 11.3 Å². The number of carbonyl (C=O) groups is 1. The van der Waals surface area contributed by atoms with Crippen molar-refractivity contribution in [3.63, 3.8) is 0 Å². The summed E-state index contributed by atoms with van der Waals surface area (Å²) in [6.07, 6.45) is 3.26. The monoisotopic (exact) mass is 308 g/mol. The highest BCUT2D eigenvalue weighted by Crippen LogP contribution is 2.38. The number of aryl methyl sites for hydroxylation is 1. The topological polar surface area (TPSA) is 48.5 Å². The van der Waals surface area contributed by atoms with E-state index >= 15 is 0 Å². The van der Waals surface area contributed by atoms with Crippen molar-refractivity contribution in [3.8, 4) is 0 Å². The Hall–Kier alpha value is -1.14. The van der Waals surface area contributed by atoms with Gasteiger partial charge in [0.25, 0.3) is 0 Å². The molecular weight excluding hydrogens is 284 g/mol. The Kier molecular flexibility index (Phi) is 4.17. The van der Waals surface area contributed by atoms with Gasteiger partial charge in [-0.15, -0.1) is 11.3 Å². The number of aromatic nitrogens is 1. The maximum absolute atomic E-state index is 12.3. The second-order valence-electron chi connectivity index (χ2n) is 6.50. The lowest BCUT2D eigenvalue weighted by molar-refractivity contribution is 0.200. The van der Waals surface area contributed by atoms with Crippen molar-refractivity contribution in [3.05, 3.63) is 16.1 Å². The van der Waals surface area contributed by atoms with Crippen LogP contribution in [0.25, 0.3) is 0 Å². The van der Waals surface area contributed by atoms with E-state index in [1.807, 2.05) is 17.3 Å². The molecule has 2 aliphatic rings. The minimum absolute atomic E-state index is 0.101. The van der Waals surface area contributed by atoms with Gasteiger partial charge in [-0.3, -0.25) is 0 Å². The van der Waals surface area contributed by atoms with Crippen molar-refractivity contribution in [1.82, 2.24) is 20.1 Å². The van der Waals surface area contributed by atoms with Gasteiger partial charge in [0.05, 0.1) is 11.2 Å². The number of carbonyl (C=O) groups excluding carboxylic acids is 1. The molecule has 6 heteroatoms. The van der Waals surface area contributed by atoms with Crippen molar-refractivity contribution >= 4 is 17.4 Å². The zero-order chi connectivity index (χ0) is 14.9. The van der Waals surface area contributed by atoms with Crippen molar-refractivity contribution in [1.29, 1.82) is 0 Å². The van der Waals surface area contributed by atoms with Gasteiger partial charge in [-0.25, -0.2) is 9.78 Å². The molecule has 1 aromatic heterocycles. The third-order valence-electron chi connectivity index (χ3n) is 4.83. The number of hydrogen-bond acceptors (Lipinski definition) is 4. The molecule has 0 bridgehead atoms. The van der Waals surface area contributed by atoms with Crippen LogP contribution in [-0.2, 0) is 6.42 Å². The molecule has 5 nitrogen and oxygen atoms in total. The van der Waals surface area contributed by atoms with E-state index in [4.69, 9.17) is 0 Å². The Labute approximate surface area is 130 Å². The SMILES string of the molecule is Cc1ncsc1CCNC(=O)N1CCC2(CCN(C)C2)C1. The number of hydrogen-bond donors (Lipinski definition) is 1. The van der Waals surface area contributed by atoms with Crippen LogP contribution in [0.1, 0.15) is 23.4 Å². The highest BCUT2D eigenvalue weighted by molar-refractivity contribution is 7.09. The van der Waals surface area contributed by atoms with Crippen LogP contribution in [0, 0.1) is 12.3 Å². The molecule has 116 valence electrons. The molecule has 3 rings (SSSR count). The second kappa shape index (κ2) is 5.93. The van der Waals surface area contributed by atoms with Crippen molar-refractivity contribution in [2.45, 2.75) is 26.2 Å². The van der Waals surface area contributed by atoms with Crippen LogP contribution in [-0.4, -0.2) is 60.6 Å². The Balaban J connectivity index is 1.45. The number of urea groups is 1. The summed E-state index contributed by atoms with van der Waals surface area (Å²) >= 11 is 1.67. The molecule has 1 aromatic rings. The summed E-state index contributed by atoms with van der Waals surface area (Å²) in [6.45, 7) is 6.85. The van der Waals surface area contributed by atoms with E-state index in [0.717, 1.165) is 38.2 Å². The van der Waals surface area contributed by atoms with Gasteiger partial charge in [-0.1, -0.05) is 0 Å². The highest BCUT2D eigenvalue weighted by atomic mass is 32.1. The standard InChI is InChI=1S/C15H24N4OS/c1-12-13(21-11-17-12)3-6-16-14(20)19-8-5-15(10-19)4-7-18(2)9-15/h11H,3-10H2,1-2H3,(H,16,20). The molecule has 2 amide bonds. The van der Waals surface area contributed by atoms with Crippen molar-refractivity contribution in [2.75, 3.05) is 39.8 Å². The summed E-state index contributed by atoms with van der Waals surface area (Å²) in [5.41, 5.74) is 3.32. The fraction of sp³-hybridized carbons (Fsp3) is 0.733. The molecule has 0 saturated carbocycles. The van der Waals surface area contributed by atoms with Gasteiger partial charge in [0.15, 0.2) is 0 Å². The van der Waals surface area contributed by atoms with Gasteiger partial charge < -0.3 is 15.1 Å². The molecule has 21 heavy (non-hydrogen) atoms. The van der Waals surface area contributed by atoms with Gasteiger partial charge in [-0.2, -0.15) is 0 Å². The summed E-state index contributed by atoms with van der Waals surface area (Å²) < 4.78 is 0. The highest BCUT2D eigenvalue weighted by Gasteiger charge is 2.43. The van der Waals surface area contributed by atoms with Gasteiger partial charge in [0.1, 0.15) is 0 Å². The van der Waals surface area contributed by atoms with Crippen LogP contribution in [0.15, 0.2) is 5.51 Å². The molecule has 3 heterocycles. The number of likely N-dealkylation sites (tertiary alicyclic amines) is 2. The summed E-state index contributed by atoms with van der Waals surface area (Å²) in [4.78, 5) is 22.2. The maximum Gasteiger partial charge on any atom is 0.317 e. The molecule has 0 aliphatic carbocycles. The summed E-state index contributed by atoms with van der Waals surface area (Å²) in [5.74, 6) is 0. The van der Waals surface area contributed by atoms with Crippen LogP contribution in [0.2, 0.25) is 0 Å². The third-order valence-corrected chi connectivity index (χ3v) is 5.82. The largest absolute Gasteiger partial charge is 0.338 e. The number of nitrogens with one attached hydrogen (secondary N) is 1. The van der Waals surface area contributed by atoms with Crippen molar-refractivity contribution in [2.24, 2.45) is 5.41 Å². The van der Waals surface area contributed by atoms with Gasteiger partial charge in [-0.05, 0) is 33.4 Å². The predicted molar refractivity (Wildman–Crippen MR) is 84.7 cm³/mol. The second-order valence-corrected chi connectivity index (χ2v) is 7.44. The zero-order valence-corrected chi connectivity index (χ0v) is 13.7. The lowest BCUT2D eigenvalue weighted by Crippen LogP contribution is -2.41. The normalized spacial score (nSPS) is 25.9. The smallest absolute Gasteiger partial charge is 0.317 e. The third kappa shape index (κ3) is 3.21. The first-order valence-electron chi connectivity index (χ1n) is 7.68. The molecule has 0 radical (unpaired) electrons. The number of amides is 2. The van der Waals surface area contributed by atoms with Gasteiger partial charge in [0, 0.05) is 42.9 Å². The first kappa shape index (κ1) is 14.8. The summed E-state index contributed by atoms with van der Waals surface area (Å²) in [6, 6.07) is 0.101. The first-order chi connectivity index (χ1) is 10.1. The Morgan fingerprint density at radius 1 is 1.43 bits per heavy atom. The summed E-state index contributed by atoms with van der Waals surface area (Å²) in [7, 11) is 2.18. The van der Waals surface area contributed by atoms with Crippen LogP contribution in [0.4, 0.5) is 4.79 Å². The zero-order valence-electron chi connectivity index (χ0n) is 12.9. The van der Waals surface area contributed by atoms with E-state index in [1.165, 1.54) is 17.8 Å². The first-order valence-corrected chi connectivity index (χ1v) is 8.56. The molecule has 1 N–H and O–H groups in total. The quantitative estimate of drug-likeness (QED) is 0.925. The maximum atomic E-state index is 12.3. The Morgan fingerprint density at radius 2 is 2.24 bits per heavy atom. The Bertz CT molecular complexity index is 518. The molecule has 2 fully saturated rings. The van der Waals surface area contributed by atoms with E-state index in [-0.39, 0.29) is 6.03 Å². The molecule has 2 aliphatic heterocycles. The average molecular weight is 308 g/mol. The van der Waals surface area contributed by atoms with E-state index in [2.05, 4.69) is 22.2 Å². The van der Waals surface area contributed by atoms with E-state index < -0.39 is 0 Å². The van der Waals surface area contributed by atoms with Gasteiger partial charge in [0.2, 0.25) is 0 Å². The van der Waals surface area contributed by atoms with E-state index in [0.29, 0.717) is 12.0 Å². The summed E-state index contributed by atoms with van der Waals surface area (Å²) in [5, 5.41) is 3.06.